The molecule has 0 aromatic heterocycles. The summed E-state index contributed by atoms with van der Waals surface area (Å²) in [6, 6.07) is 4.72. The van der Waals surface area contributed by atoms with Crippen LogP contribution in [0.1, 0.15) is 18.4 Å². The van der Waals surface area contributed by atoms with E-state index >= 15 is 0 Å². The molecule has 1 saturated heterocycles. The van der Waals surface area contributed by atoms with Crippen LogP contribution in [0.25, 0.3) is 0 Å². The smallest absolute Gasteiger partial charge is 0.125 e. The summed E-state index contributed by atoms with van der Waals surface area (Å²) >= 11 is 5.85. The van der Waals surface area contributed by atoms with Gasteiger partial charge in [-0.05, 0) is 55.6 Å². The molecule has 0 aliphatic carbocycles. The molecule has 1 aromatic carbocycles. The lowest BCUT2D eigenvalue weighted by atomic mass is 9.98. The molecule has 0 bridgehead atoms. The number of hydrogen-bond acceptors (Lipinski definition) is 2. The highest BCUT2D eigenvalue weighted by molar-refractivity contribution is 6.30. The summed E-state index contributed by atoms with van der Waals surface area (Å²) in [5.41, 5.74) is 6.64. The van der Waals surface area contributed by atoms with Crippen LogP contribution >= 0.6 is 11.6 Å². The van der Waals surface area contributed by atoms with E-state index in [0.29, 0.717) is 10.9 Å². The van der Waals surface area contributed by atoms with Crippen molar-refractivity contribution in [2.45, 2.75) is 19.4 Å². The molecule has 17 heavy (non-hydrogen) atoms. The maximum absolute atomic E-state index is 13.2. The molecule has 1 unspecified atom stereocenters. The van der Waals surface area contributed by atoms with E-state index in [1.165, 1.54) is 18.9 Å². The highest BCUT2D eigenvalue weighted by Crippen LogP contribution is 2.20. The second kappa shape index (κ2) is 5.80. The monoisotopic (exact) mass is 256 g/mol. The molecule has 2 nitrogen and oxygen atoms in total. The molecule has 2 N–H and O–H groups in total. The van der Waals surface area contributed by atoms with Crippen LogP contribution in [0, 0.1) is 11.7 Å². The van der Waals surface area contributed by atoms with Crippen LogP contribution in [0.15, 0.2) is 18.2 Å². The third-order valence-electron chi connectivity index (χ3n) is 3.26. The van der Waals surface area contributed by atoms with Gasteiger partial charge in [0.25, 0.3) is 0 Å². The van der Waals surface area contributed by atoms with E-state index in [9.17, 15) is 4.39 Å². The molecule has 1 aromatic rings. The zero-order chi connectivity index (χ0) is 12.3. The van der Waals surface area contributed by atoms with E-state index < -0.39 is 0 Å². The van der Waals surface area contributed by atoms with Crippen molar-refractivity contribution in [2.75, 3.05) is 19.6 Å². The van der Waals surface area contributed by atoms with Gasteiger partial charge in [0.15, 0.2) is 0 Å². The van der Waals surface area contributed by atoms with E-state index in [-0.39, 0.29) is 5.82 Å². The Kier molecular flexibility index (Phi) is 4.37. The molecular formula is C13H18ClFN2. The number of piperidine rings is 1. The lowest BCUT2D eigenvalue weighted by molar-refractivity contribution is 0.171. The molecule has 2 rings (SSSR count). The maximum Gasteiger partial charge on any atom is 0.125 e. The summed E-state index contributed by atoms with van der Waals surface area (Å²) in [5, 5.41) is 0.465. The summed E-state index contributed by atoms with van der Waals surface area (Å²) in [6.07, 6.45) is 2.38. The van der Waals surface area contributed by atoms with Crippen LogP contribution in [0.3, 0.4) is 0 Å². The standard InChI is InChI=1S/C13H18ClFN2/c14-12-4-11(5-13(15)6-12)9-17-3-1-2-10(7-16)8-17/h4-6,10H,1-3,7-9,16H2. The highest BCUT2D eigenvalue weighted by atomic mass is 35.5. The number of halogens is 2. The molecule has 1 fully saturated rings. The topological polar surface area (TPSA) is 29.3 Å². The van der Waals surface area contributed by atoms with Crippen molar-refractivity contribution >= 4 is 11.6 Å². The lowest BCUT2D eigenvalue weighted by Crippen LogP contribution is -2.37. The Bertz CT molecular complexity index is 363. The third kappa shape index (κ3) is 3.66. The van der Waals surface area contributed by atoms with Gasteiger partial charge in [0, 0.05) is 18.1 Å². The van der Waals surface area contributed by atoms with Crippen LogP contribution < -0.4 is 5.73 Å². The van der Waals surface area contributed by atoms with Gasteiger partial charge >= 0.3 is 0 Å². The number of nitrogens with zero attached hydrogens (tertiary/aromatic N) is 1. The van der Waals surface area contributed by atoms with Gasteiger partial charge in [0.1, 0.15) is 5.82 Å². The van der Waals surface area contributed by atoms with Gasteiger partial charge in [-0.25, -0.2) is 4.39 Å². The minimum atomic E-state index is -0.264. The predicted molar refractivity (Wildman–Crippen MR) is 68.5 cm³/mol. The average molecular weight is 257 g/mol. The van der Waals surface area contributed by atoms with Crippen LogP contribution in [0.4, 0.5) is 4.39 Å². The van der Waals surface area contributed by atoms with E-state index in [4.69, 9.17) is 17.3 Å². The van der Waals surface area contributed by atoms with E-state index in [1.807, 2.05) is 6.07 Å². The van der Waals surface area contributed by atoms with Crippen molar-refractivity contribution in [1.82, 2.24) is 4.90 Å². The molecule has 0 amide bonds. The summed E-state index contributed by atoms with van der Waals surface area (Å²) in [4.78, 5) is 2.33. The Labute approximate surface area is 107 Å². The first kappa shape index (κ1) is 12.8. The number of likely N-dealkylation sites (tertiary alicyclic amines) is 1. The first-order valence-electron chi connectivity index (χ1n) is 6.05. The second-order valence-corrected chi connectivity index (χ2v) is 5.19. The highest BCUT2D eigenvalue weighted by Gasteiger charge is 2.18. The summed E-state index contributed by atoms with van der Waals surface area (Å²) in [5.74, 6) is 0.313. The summed E-state index contributed by atoms with van der Waals surface area (Å²) in [7, 11) is 0. The fourth-order valence-corrected chi connectivity index (χ4v) is 2.69. The predicted octanol–water partition coefficient (Wildman–Crippen LogP) is 2.65. The van der Waals surface area contributed by atoms with E-state index in [1.54, 1.807) is 6.07 Å². The molecule has 0 saturated carbocycles. The molecule has 0 spiro atoms. The Hall–Kier alpha value is -0.640. The SMILES string of the molecule is NCC1CCCN(Cc2cc(F)cc(Cl)c2)C1. The molecule has 1 heterocycles. The zero-order valence-corrected chi connectivity index (χ0v) is 10.6. The van der Waals surface area contributed by atoms with Gasteiger partial charge in [-0.15, -0.1) is 0 Å². The van der Waals surface area contributed by atoms with Crippen molar-refractivity contribution < 1.29 is 4.39 Å². The Balaban J connectivity index is 2.00. The minimum absolute atomic E-state index is 0.264. The molecule has 1 aliphatic heterocycles. The molecule has 1 atom stereocenters. The Morgan fingerprint density at radius 1 is 1.41 bits per heavy atom. The third-order valence-corrected chi connectivity index (χ3v) is 3.48. The molecule has 0 radical (unpaired) electrons. The largest absolute Gasteiger partial charge is 0.330 e. The average Bonchev–Trinajstić information content (AvgIpc) is 2.28. The fraction of sp³-hybridized carbons (Fsp3) is 0.538. The van der Waals surface area contributed by atoms with Gasteiger partial charge in [-0.1, -0.05) is 11.6 Å². The number of benzene rings is 1. The van der Waals surface area contributed by atoms with Gasteiger partial charge in [-0.2, -0.15) is 0 Å². The van der Waals surface area contributed by atoms with Gasteiger partial charge in [-0.3, -0.25) is 4.90 Å². The van der Waals surface area contributed by atoms with Gasteiger partial charge in [0.05, 0.1) is 0 Å². The molecule has 94 valence electrons. The quantitative estimate of drug-likeness (QED) is 0.901. The van der Waals surface area contributed by atoms with Gasteiger partial charge in [0.2, 0.25) is 0 Å². The van der Waals surface area contributed by atoms with Crippen molar-refractivity contribution in [3.05, 3.63) is 34.6 Å². The van der Waals surface area contributed by atoms with Crippen LogP contribution in [-0.2, 0) is 6.54 Å². The van der Waals surface area contributed by atoms with Crippen molar-refractivity contribution in [3.8, 4) is 0 Å². The second-order valence-electron chi connectivity index (χ2n) is 4.76. The van der Waals surface area contributed by atoms with E-state index in [0.717, 1.165) is 31.7 Å². The Morgan fingerprint density at radius 3 is 2.94 bits per heavy atom. The lowest BCUT2D eigenvalue weighted by Gasteiger charge is -2.32. The number of nitrogens with two attached hydrogens (primary N) is 1. The van der Waals surface area contributed by atoms with Crippen LogP contribution in [0.5, 0.6) is 0 Å². The first-order chi connectivity index (χ1) is 8.17. The summed E-state index contributed by atoms with van der Waals surface area (Å²) in [6.45, 7) is 3.56. The van der Waals surface area contributed by atoms with Crippen LogP contribution in [-0.4, -0.2) is 24.5 Å². The van der Waals surface area contributed by atoms with Crippen molar-refractivity contribution in [1.29, 1.82) is 0 Å². The van der Waals surface area contributed by atoms with E-state index in [2.05, 4.69) is 4.90 Å². The number of hydrogen-bond donors (Lipinski definition) is 1. The zero-order valence-electron chi connectivity index (χ0n) is 9.83. The van der Waals surface area contributed by atoms with Crippen molar-refractivity contribution in [3.63, 3.8) is 0 Å². The fourth-order valence-electron chi connectivity index (χ4n) is 2.45. The molecule has 1 aliphatic rings. The summed E-state index contributed by atoms with van der Waals surface area (Å²) < 4.78 is 13.2. The minimum Gasteiger partial charge on any atom is -0.330 e. The van der Waals surface area contributed by atoms with Crippen molar-refractivity contribution in [2.24, 2.45) is 11.7 Å². The molecule has 4 heteroatoms. The maximum atomic E-state index is 13.2. The first-order valence-corrected chi connectivity index (χ1v) is 6.42. The van der Waals surface area contributed by atoms with Crippen LogP contribution in [0.2, 0.25) is 5.02 Å². The normalized spacial score (nSPS) is 21.7. The van der Waals surface area contributed by atoms with Gasteiger partial charge < -0.3 is 5.73 Å². The number of rotatable bonds is 3. The Morgan fingerprint density at radius 2 is 2.24 bits per heavy atom. The molecular weight excluding hydrogens is 239 g/mol.